The number of nitrogens with one attached hydrogen (secondary N) is 1. The van der Waals surface area contributed by atoms with Crippen LogP contribution in [0.3, 0.4) is 0 Å². The summed E-state index contributed by atoms with van der Waals surface area (Å²) in [5, 5.41) is 0. The van der Waals surface area contributed by atoms with Crippen LogP contribution >= 0.6 is 0 Å². The number of carbonyl (C=O) groups excluding carboxylic acids is 1. The van der Waals surface area contributed by atoms with Crippen LogP contribution in [0.2, 0.25) is 0 Å². The number of carbonyl (C=O) groups is 1. The van der Waals surface area contributed by atoms with Crippen LogP contribution in [0, 0.1) is 0 Å². The highest BCUT2D eigenvalue weighted by Gasteiger charge is 2.25. The quantitative estimate of drug-likeness (QED) is 0.841. The van der Waals surface area contributed by atoms with E-state index >= 15 is 0 Å². The zero-order valence-electron chi connectivity index (χ0n) is 15.7. The molecule has 0 bridgehead atoms. The Balaban J connectivity index is 1.97. The maximum Gasteiger partial charge on any atom is 0.240 e. The van der Waals surface area contributed by atoms with Crippen LogP contribution in [0.4, 0.5) is 0 Å². The molecule has 0 aromatic heterocycles. The molecule has 0 aliphatic heterocycles. The fourth-order valence-corrected chi connectivity index (χ4v) is 4.35. The summed E-state index contributed by atoms with van der Waals surface area (Å²) in [7, 11) is -3.56. The van der Waals surface area contributed by atoms with Gasteiger partial charge in [-0.25, -0.2) is 13.1 Å². The summed E-state index contributed by atoms with van der Waals surface area (Å²) in [5.74, 6) is 0.0145. The minimum absolute atomic E-state index is 0.0145. The van der Waals surface area contributed by atoms with E-state index in [0.717, 1.165) is 31.2 Å². The molecule has 0 unspecified atom stereocenters. The van der Waals surface area contributed by atoms with Gasteiger partial charge in [-0.3, -0.25) is 4.79 Å². The van der Waals surface area contributed by atoms with E-state index < -0.39 is 10.0 Å². The van der Waals surface area contributed by atoms with Gasteiger partial charge in [-0.1, -0.05) is 45.7 Å². The summed E-state index contributed by atoms with van der Waals surface area (Å²) in [6, 6.07) is 7.25. The second kappa shape index (κ2) is 7.87. The molecule has 1 N–H and O–H groups in total. The van der Waals surface area contributed by atoms with E-state index in [1.165, 1.54) is 0 Å². The zero-order chi connectivity index (χ0) is 18.7. The fraction of sp³-hybridized carbons (Fsp3) is 0.632. The molecule has 0 saturated heterocycles. The molecule has 1 fully saturated rings. The van der Waals surface area contributed by atoms with Crippen molar-refractivity contribution in [3.63, 3.8) is 0 Å². The van der Waals surface area contributed by atoms with Gasteiger partial charge in [0.1, 0.15) is 0 Å². The Morgan fingerprint density at radius 1 is 1.16 bits per heavy atom. The summed E-state index contributed by atoms with van der Waals surface area (Å²) in [6.45, 7) is 8.48. The summed E-state index contributed by atoms with van der Waals surface area (Å²) in [6.07, 6.45) is 4.31. The Kier molecular flexibility index (Phi) is 6.27. The highest BCUT2D eigenvalue weighted by Crippen LogP contribution is 2.24. The number of hydrogen-bond donors (Lipinski definition) is 1. The molecule has 1 aromatic carbocycles. The highest BCUT2D eigenvalue weighted by atomic mass is 32.2. The second-order valence-corrected chi connectivity index (χ2v) is 9.59. The molecule has 25 heavy (non-hydrogen) atoms. The van der Waals surface area contributed by atoms with E-state index in [-0.39, 0.29) is 28.8 Å². The smallest absolute Gasteiger partial charge is 0.240 e. The van der Waals surface area contributed by atoms with Crippen molar-refractivity contribution in [2.45, 2.75) is 69.7 Å². The normalized spacial score (nSPS) is 16.2. The van der Waals surface area contributed by atoms with Crippen molar-refractivity contribution in [3.05, 3.63) is 29.8 Å². The van der Waals surface area contributed by atoms with Crippen LogP contribution in [0.25, 0.3) is 0 Å². The summed E-state index contributed by atoms with van der Waals surface area (Å²) in [4.78, 5) is 13.9. The van der Waals surface area contributed by atoms with Crippen molar-refractivity contribution in [1.82, 2.24) is 9.62 Å². The maximum atomic E-state index is 12.5. The summed E-state index contributed by atoms with van der Waals surface area (Å²) in [5.41, 5.74) is 1.08. The van der Waals surface area contributed by atoms with Gasteiger partial charge in [-0.15, -0.1) is 0 Å². The zero-order valence-corrected chi connectivity index (χ0v) is 16.5. The average Bonchev–Trinajstić information content (AvgIpc) is 3.04. The predicted molar refractivity (Wildman–Crippen MR) is 100.0 cm³/mol. The third-order valence-corrected chi connectivity index (χ3v) is 6.32. The Bertz CT molecular complexity index is 684. The summed E-state index contributed by atoms with van der Waals surface area (Å²) < 4.78 is 27.5. The van der Waals surface area contributed by atoms with Crippen molar-refractivity contribution in [2.75, 3.05) is 13.1 Å². The molecule has 0 heterocycles. The monoisotopic (exact) mass is 366 g/mol. The van der Waals surface area contributed by atoms with Gasteiger partial charge < -0.3 is 4.90 Å². The van der Waals surface area contributed by atoms with Crippen molar-refractivity contribution in [1.29, 1.82) is 0 Å². The van der Waals surface area contributed by atoms with Gasteiger partial charge in [-0.05, 0) is 36.0 Å². The van der Waals surface area contributed by atoms with Crippen molar-refractivity contribution < 1.29 is 13.2 Å². The lowest BCUT2D eigenvalue weighted by molar-refractivity contribution is -0.130. The van der Waals surface area contributed by atoms with Crippen LogP contribution in [0.15, 0.2) is 29.2 Å². The minimum atomic E-state index is -3.56. The predicted octanol–water partition coefficient (Wildman–Crippen LogP) is 3.05. The SMILES string of the molecule is CC(=O)N(CCNS(=O)(=O)c1ccc(C(C)(C)C)cc1)C1CCCC1. The molecule has 1 amide bonds. The van der Waals surface area contributed by atoms with Gasteiger partial charge in [-0.2, -0.15) is 0 Å². The van der Waals surface area contributed by atoms with Crippen LogP contribution in [-0.2, 0) is 20.2 Å². The third-order valence-electron chi connectivity index (χ3n) is 4.85. The standard InChI is InChI=1S/C19H30N2O3S/c1-15(22)21(17-7-5-6-8-17)14-13-20-25(23,24)18-11-9-16(10-12-18)19(2,3)4/h9-12,17,20H,5-8,13-14H2,1-4H3. The van der Waals surface area contributed by atoms with E-state index in [1.807, 2.05) is 12.1 Å². The fourth-order valence-electron chi connectivity index (χ4n) is 3.33. The van der Waals surface area contributed by atoms with Gasteiger partial charge in [0, 0.05) is 26.1 Å². The first-order chi connectivity index (χ1) is 11.6. The number of rotatable bonds is 6. The first-order valence-electron chi connectivity index (χ1n) is 8.99. The largest absolute Gasteiger partial charge is 0.339 e. The van der Waals surface area contributed by atoms with Gasteiger partial charge in [0.15, 0.2) is 0 Å². The number of nitrogens with zero attached hydrogens (tertiary/aromatic N) is 1. The molecule has 6 heteroatoms. The molecule has 1 aliphatic carbocycles. The van der Waals surface area contributed by atoms with Gasteiger partial charge in [0.25, 0.3) is 0 Å². The van der Waals surface area contributed by atoms with Crippen molar-refractivity contribution in [2.24, 2.45) is 0 Å². The number of sulfonamides is 1. The first kappa shape index (κ1) is 19.9. The van der Waals surface area contributed by atoms with Crippen LogP contribution < -0.4 is 4.72 Å². The van der Waals surface area contributed by atoms with Gasteiger partial charge in [0.05, 0.1) is 4.90 Å². The third kappa shape index (κ3) is 5.28. The van der Waals surface area contributed by atoms with Crippen LogP contribution in [-0.4, -0.2) is 38.4 Å². The van der Waals surface area contributed by atoms with Gasteiger partial charge in [0.2, 0.25) is 15.9 Å². The van der Waals surface area contributed by atoms with E-state index in [9.17, 15) is 13.2 Å². The molecule has 0 atom stereocenters. The molecule has 0 spiro atoms. The molecular formula is C19H30N2O3S. The maximum absolute atomic E-state index is 12.5. The molecular weight excluding hydrogens is 336 g/mol. The lowest BCUT2D eigenvalue weighted by Gasteiger charge is -2.27. The molecule has 1 saturated carbocycles. The molecule has 0 radical (unpaired) electrons. The average molecular weight is 367 g/mol. The molecule has 140 valence electrons. The van der Waals surface area contributed by atoms with E-state index in [1.54, 1.807) is 24.0 Å². The number of hydrogen-bond acceptors (Lipinski definition) is 3. The Labute approximate surface area is 151 Å². The Morgan fingerprint density at radius 2 is 1.72 bits per heavy atom. The Hall–Kier alpha value is -1.40. The van der Waals surface area contributed by atoms with Crippen LogP contribution in [0.5, 0.6) is 0 Å². The van der Waals surface area contributed by atoms with E-state index in [0.29, 0.717) is 6.54 Å². The Morgan fingerprint density at radius 3 is 2.20 bits per heavy atom. The number of benzene rings is 1. The molecule has 1 aromatic rings. The molecule has 5 nitrogen and oxygen atoms in total. The minimum Gasteiger partial charge on any atom is -0.339 e. The topological polar surface area (TPSA) is 66.5 Å². The lowest BCUT2D eigenvalue weighted by Crippen LogP contribution is -2.42. The lowest BCUT2D eigenvalue weighted by atomic mass is 9.87. The molecule has 2 rings (SSSR count). The van der Waals surface area contributed by atoms with Crippen LogP contribution in [0.1, 0.15) is 58.9 Å². The second-order valence-electron chi connectivity index (χ2n) is 7.82. The van der Waals surface area contributed by atoms with E-state index in [4.69, 9.17) is 0 Å². The summed E-state index contributed by atoms with van der Waals surface area (Å²) >= 11 is 0. The molecule has 1 aliphatic rings. The van der Waals surface area contributed by atoms with E-state index in [2.05, 4.69) is 25.5 Å². The number of amides is 1. The highest BCUT2D eigenvalue weighted by molar-refractivity contribution is 7.89. The van der Waals surface area contributed by atoms with Gasteiger partial charge >= 0.3 is 0 Å². The first-order valence-corrected chi connectivity index (χ1v) is 10.5. The van der Waals surface area contributed by atoms with Crippen molar-refractivity contribution >= 4 is 15.9 Å². The van der Waals surface area contributed by atoms with Crippen molar-refractivity contribution in [3.8, 4) is 0 Å².